The number of amides is 1. The molecule has 1 atom stereocenters. The summed E-state index contributed by atoms with van der Waals surface area (Å²) in [4.78, 5) is 30.0. The van der Waals surface area contributed by atoms with Gasteiger partial charge in [0.1, 0.15) is 4.83 Å². The molecule has 2 N–H and O–H groups in total. The van der Waals surface area contributed by atoms with E-state index in [9.17, 15) is 9.59 Å². The van der Waals surface area contributed by atoms with Crippen LogP contribution in [-0.2, 0) is 29.6 Å². The van der Waals surface area contributed by atoms with Crippen LogP contribution in [-0.4, -0.2) is 21.1 Å². The van der Waals surface area contributed by atoms with Crippen LogP contribution in [0.2, 0.25) is 0 Å². The summed E-state index contributed by atoms with van der Waals surface area (Å²) in [5.74, 6) is 0.0624. The van der Waals surface area contributed by atoms with Crippen LogP contribution in [0.5, 0.6) is 0 Å². The molecule has 3 heterocycles. The SMILES string of the molecule is CC[C@@]1(C)Cc2c(sc3nc(NNC(C)=O)n(C)c(=O)c23)CO1. The molecule has 1 aliphatic heterocycles. The van der Waals surface area contributed by atoms with Gasteiger partial charge in [0.25, 0.3) is 5.56 Å². The third kappa shape index (κ3) is 2.72. The Morgan fingerprint density at radius 1 is 1.52 bits per heavy atom. The van der Waals surface area contributed by atoms with Crippen LogP contribution < -0.4 is 16.4 Å². The maximum absolute atomic E-state index is 12.8. The summed E-state index contributed by atoms with van der Waals surface area (Å²) in [7, 11) is 1.64. The Morgan fingerprint density at radius 3 is 2.91 bits per heavy atom. The van der Waals surface area contributed by atoms with Gasteiger partial charge in [0, 0.05) is 25.3 Å². The van der Waals surface area contributed by atoms with Crippen LogP contribution in [0.15, 0.2) is 4.79 Å². The number of anilines is 1. The molecule has 124 valence electrons. The van der Waals surface area contributed by atoms with Crippen molar-refractivity contribution < 1.29 is 9.53 Å². The lowest BCUT2D eigenvalue weighted by Gasteiger charge is -2.32. The van der Waals surface area contributed by atoms with E-state index in [0.29, 0.717) is 29.2 Å². The Morgan fingerprint density at radius 2 is 2.26 bits per heavy atom. The van der Waals surface area contributed by atoms with Crippen molar-refractivity contribution in [1.82, 2.24) is 15.0 Å². The first-order valence-electron chi connectivity index (χ1n) is 7.52. The van der Waals surface area contributed by atoms with Crippen molar-refractivity contribution in [3.63, 3.8) is 0 Å². The number of rotatable bonds is 3. The normalized spacial score (nSPS) is 20.3. The smallest absolute Gasteiger partial charge is 0.263 e. The van der Waals surface area contributed by atoms with Crippen molar-refractivity contribution in [3.05, 3.63) is 20.8 Å². The standard InChI is InChI=1S/C15H20N4O3S/c1-5-15(3)6-9-10(7-22-15)23-12-11(9)13(21)19(4)14(16-12)18-17-8(2)20/h5-7H2,1-4H3,(H,16,18)(H,17,20)/t15-/m0/s1. The largest absolute Gasteiger partial charge is 0.369 e. The second-order valence-corrected chi connectivity index (χ2v) is 7.14. The highest BCUT2D eigenvalue weighted by molar-refractivity contribution is 7.18. The van der Waals surface area contributed by atoms with Gasteiger partial charge in [-0.05, 0) is 18.9 Å². The number of carbonyl (C=O) groups is 1. The van der Waals surface area contributed by atoms with Crippen molar-refractivity contribution in [3.8, 4) is 0 Å². The molecule has 0 bridgehead atoms. The summed E-state index contributed by atoms with van der Waals surface area (Å²) < 4.78 is 7.37. The van der Waals surface area contributed by atoms with E-state index >= 15 is 0 Å². The molecule has 8 heteroatoms. The van der Waals surface area contributed by atoms with Crippen LogP contribution >= 0.6 is 11.3 Å². The Balaban J connectivity index is 2.12. The number of hydrogen-bond donors (Lipinski definition) is 2. The first kappa shape index (κ1) is 15.9. The van der Waals surface area contributed by atoms with Gasteiger partial charge in [-0.3, -0.25) is 25.0 Å². The van der Waals surface area contributed by atoms with Gasteiger partial charge >= 0.3 is 0 Å². The average Bonchev–Trinajstić information content (AvgIpc) is 2.86. The highest BCUT2D eigenvalue weighted by Gasteiger charge is 2.33. The minimum absolute atomic E-state index is 0.110. The second kappa shape index (κ2) is 5.61. The number of thiophene rings is 1. The number of fused-ring (bicyclic) bond motifs is 3. The van der Waals surface area contributed by atoms with E-state index in [1.54, 1.807) is 7.05 Å². The number of hydrazine groups is 1. The van der Waals surface area contributed by atoms with Gasteiger partial charge in [-0.25, -0.2) is 4.98 Å². The van der Waals surface area contributed by atoms with Crippen molar-refractivity contribution >= 4 is 33.4 Å². The van der Waals surface area contributed by atoms with Crippen molar-refractivity contribution in [1.29, 1.82) is 0 Å². The number of ether oxygens (including phenoxy) is 1. The summed E-state index contributed by atoms with van der Waals surface area (Å²) in [5, 5.41) is 0.670. The molecule has 0 aromatic carbocycles. The van der Waals surface area contributed by atoms with Gasteiger partial charge in [-0.1, -0.05) is 6.92 Å². The topological polar surface area (TPSA) is 85.3 Å². The molecule has 0 fully saturated rings. The molecule has 0 aliphatic carbocycles. The van der Waals surface area contributed by atoms with Crippen molar-refractivity contribution in [2.75, 3.05) is 5.43 Å². The van der Waals surface area contributed by atoms with Crippen molar-refractivity contribution in [2.45, 2.75) is 45.8 Å². The maximum atomic E-state index is 12.8. The van der Waals surface area contributed by atoms with Gasteiger partial charge in [0.15, 0.2) is 0 Å². The lowest BCUT2D eigenvalue weighted by Crippen LogP contribution is -2.35. The molecule has 0 saturated heterocycles. The van der Waals surface area contributed by atoms with E-state index in [1.165, 1.54) is 22.8 Å². The van der Waals surface area contributed by atoms with E-state index in [1.807, 2.05) is 0 Å². The summed E-state index contributed by atoms with van der Waals surface area (Å²) in [6, 6.07) is 0. The van der Waals surface area contributed by atoms with Crippen LogP contribution in [0.4, 0.5) is 5.95 Å². The second-order valence-electron chi connectivity index (χ2n) is 6.06. The minimum atomic E-state index is -0.253. The number of nitrogens with zero attached hydrogens (tertiary/aromatic N) is 2. The van der Waals surface area contributed by atoms with E-state index < -0.39 is 0 Å². The molecule has 2 aromatic heterocycles. The highest BCUT2D eigenvalue weighted by Crippen LogP contribution is 2.38. The van der Waals surface area contributed by atoms with Gasteiger partial charge in [-0.15, -0.1) is 11.3 Å². The predicted octanol–water partition coefficient (Wildman–Crippen LogP) is 1.70. The lowest BCUT2D eigenvalue weighted by atomic mass is 9.90. The summed E-state index contributed by atoms with van der Waals surface area (Å²) in [6.07, 6.45) is 1.61. The molecule has 0 unspecified atom stereocenters. The fourth-order valence-corrected chi connectivity index (χ4v) is 3.78. The third-order valence-electron chi connectivity index (χ3n) is 4.32. The molecule has 3 rings (SSSR count). The number of nitrogens with one attached hydrogen (secondary N) is 2. The lowest BCUT2D eigenvalue weighted by molar-refractivity contribution is -0.118. The molecule has 7 nitrogen and oxygen atoms in total. The molecular weight excluding hydrogens is 316 g/mol. The molecular formula is C15H20N4O3S. The van der Waals surface area contributed by atoms with Gasteiger partial charge in [0.2, 0.25) is 11.9 Å². The third-order valence-corrected chi connectivity index (χ3v) is 5.42. The molecule has 2 aromatic rings. The number of aromatic nitrogens is 2. The number of hydrogen-bond acceptors (Lipinski definition) is 6. The monoisotopic (exact) mass is 336 g/mol. The molecule has 0 spiro atoms. The fourth-order valence-electron chi connectivity index (χ4n) is 2.68. The van der Waals surface area contributed by atoms with Crippen LogP contribution in [0.1, 0.15) is 37.6 Å². The first-order valence-corrected chi connectivity index (χ1v) is 8.34. The van der Waals surface area contributed by atoms with Gasteiger partial charge in [-0.2, -0.15) is 0 Å². The van der Waals surface area contributed by atoms with Crippen LogP contribution in [0, 0.1) is 0 Å². The molecule has 1 amide bonds. The van der Waals surface area contributed by atoms with Crippen LogP contribution in [0.3, 0.4) is 0 Å². The minimum Gasteiger partial charge on any atom is -0.369 e. The summed E-state index contributed by atoms with van der Waals surface area (Å²) >= 11 is 1.48. The predicted molar refractivity (Wildman–Crippen MR) is 89.5 cm³/mol. The first-order chi connectivity index (χ1) is 10.8. The quantitative estimate of drug-likeness (QED) is 0.833. The molecule has 1 aliphatic rings. The van der Waals surface area contributed by atoms with Gasteiger partial charge in [0.05, 0.1) is 17.6 Å². The summed E-state index contributed by atoms with van der Waals surface area (Å²) in [6.45, 7) is 6.06. The zero-order valence-corrected chi connectivity index (χ0v) is 14.5. The molecule has 0 saturated carbocycles. The Kier molecular flexibility index (Phi) is 3.89. The Hall–Kier alpha value is -1.93. The molecule has 23 heavy (non-hydrogen) atoms. The van der Waals surface area contributed by atoms with Crippen LogP contribution in [0.25, 0.3) is 10.2 Å². The highest BCUT2D eigenvalue weighted by atomic mass is 32.1. The average molecular weight is 336 g/mol. The maximum Gasteiger partial charge on any atom is 0.263 e. The van der Waals surface area contributed by atoms with E-state index in [0.717, 1.165) is 16.9 Å². The van der Waals surface area contributed by atoms with E-state index in [-0.39, 0.29) is 17.1 Å². The number of carbonyl (C=O) groups excluding carboxylic acids is 1. The molecule has 0 radical (unpaired) electrons. The zero-order chi connectivity index (χ0) is 16.8. The Labute approximate surface area is 137 Å². The van der Waals surface area contributed by atoms with E-state index in [4.69, 9.17) is 4.74 Å². The zero-order valence-electron chi connectivity index (χ0n) is 13.6. The fraction of sp³-hybridized carbons (Fsp3) is 0.533. The van der Waals surface area contributed by atoms with E-state index in [2.05, 4.69) is 29.7 Å². The van der Waals surface area contributed by atoms with Gasteiger partial charge < -0.3 is 4.74 Å². The van der Waals surface area contributed by atoms with Crippen molar-refractivity contribution in [2.24, 2.45) is 7.05 Å². The Bertz CT molecular complexity index is 841. The summed E-state index contributed by atoms with van der Waals surface area (Å²) in [5.41, 5.74) is 5.84.